The van der Waals surface area contributed by atoms with Gasteiger partial charge in [-0.1, -0.05) is 18.2 Å². The molecule has 1 aliphatic heterocycles. The van der Waals surface area contributed by atoms with Crippen molar-refractivity contribution < 1.29 is 4.79 Å². The molecule has 96 valence electrons. The third kappa shape index (κ3) is 2.56. The fourth-order valence-electron chi connectivity index (χ4n) is 2.06. The fraction of sp³-hybridized carbons (Fsp3) is 0.143. The number of hydrogen-bond acceptors (Lipinski definition) is 4. The lowest BCUT2D eigenvalue weighted by Crippen LogP contribution is -2.46. The van der Waals surface area contributed by atoms with Crippen LogP contribution in [0.3, 0.4) is 0 Å². The van der Waals surface area contributed by atoms with Crippen molar-refractivity contribution in [1.29, 1.82) is 0 Å². The number of pyridine rings is 1. The number of benzene rings is 1. The number of nitrogens with one attached hydrogen (secondary N) is 2. The van der Waals surface area contributed by atoms with Crippen LogP contribution < -0.4 is 10.7 Å². The first-order chi connectivity index (χ1) is 9.33. The number of carbonyl (C=O) groups is 1. The monoisotopic (exact) mass is 254 g/mol. The Morgan fingerprint density at radius 3 is 3.00 bits per heavy atom. The van der Waals surface area contributed by atoms with E-state index in [-0.39, 0.29) is 5.91 Å². The Morgan fingerprint density at radius 1 is 1.26 bits per heavy atom. The van der Waals surface area contributed by atoms with Gasteiger partial charge in [-0.3, -0.25) is 15.2 Å². The van der Waals surface area contributed by atoms with E-state index in [2.05, 4.69) is 15.7 Å². The summed E-state index contributed by atoms with van der Waals surface area (Å²) in [7, 11) is 0. The maximum Gasteiger partial charge on any atom is 0.267 e. The fourth-order valence-corrected chi connectivity index (χ4v) is 2.06. The Kier molecular flexibility index (Phi) is 3.12. The van der Waals surface area contributed by atoms with Gasteiger partial charge in [0.25, 0.3) is 5.91 Å². The van der Waals surface area contributed by atoms with Crippen molar-refractivity contribution >= 4 is 11.6 Å². The first kappa shape index (κ1) is 11.7. The maximum atomic E-state index is 12.0. The van der Waals surface area contributed by atoms with Crippen molar-refractivity contribution in [2.75, 3.05) is 12.0 Å². The largest absolute Gasteiger partial charge is 0.370 e. The second kappa shape index (κ2) is 5.07. The second-order valence-corrected chi connectivity index (χ2v) is 4.37. The van der Waals surface area contributed by atoms with Crippen molar-refractivity contribution in [3.63, 3.8) is 0 Å². The van der Waals surface area contributed by atoms with Gasteiger partial charge < -0.3 is 5.32 Å². The molecule has 3 rings (SSSR count). The lowest BCUT2D eigenvalue weighted by atomic mass is 10.1. The number of carbonyl (C=O) groups excluding carboxylic acids is 1. The average Bonchev–Trinajstić information content (AvgIpc) is 2.48. The molecule has 0 bridgehead atoms. The third-order valence-corrected chi connectivity index (χ3v) is 3.02. The van der Waals surface area contributed by atoms with Crippen LogP contribution in [0.25, 0.3) is 0 Å². The Morgan fingerprint density at radius 2 is 2.16 bits per heavy atom. The maximum absolute atomic E-state index is 12.0. The Balaban J connectivity index is 1.68. The standard InChI is InChI=1S/C14H14N4O/c19-14(11-5-3-7-15-8-11)17-18-9-12-4-1-2-6-13(12)16-10-18/h1-8,16H,9-10H2,(H,17,19). The van der Waals surface area contributed by atoms with Crippen LogP contribution >= 0.6 is 0 Å². The number of para-hydroxylation sites is 1. The van der Waals surface area contributed by atoms with E-state index in [1.165, 1.54) is 5.56 Å². The summed E-state index contributed by atoms with van der Waals surface area (Å²) in [5.41, 5.74) is 5.71. The molecule has 0 saturated carbocycles. The molecule has 2 aromatic rings. The Labute approximate surface area is 111 Å². The highest BCUT2D eigenvalue weighted by atomic mass is 16.2. The van der Waals surface area contributed by atoms with E-state index in [1.54, 1.807) is 24.5 Å². The first-order valence-electron chi connectivity index (χ1n) is 6.11. The molecule has 1 aromatic carbocycles. The molecule has 0 spiro atoms. The van der Waals surface area contributed by atoms with Crippen LogP contribution in [-0.2, 0) is 6.54 Å². The molecule has 19 heavy (non-hydrogen) atoms. The lowest BCUT2D eigenvalue weighted by molar-refractivity contribution is 0.0782. The van der Waals surface area contributed by atoms with Gasteiger partial charge >= 0.3 is 0 Å². The molecule has 0 radical (unpaired) electrons. The van der Waals surface area contributed by atoms with Crippen molar-refractivity contribution in [3.05, 3.63) is 59.9 Å². The number of nitrogens with zero attached hydrogens (tertiary/aromatic N) is 2. The normalized spacial score (nSPS) is 14.3. The molecule has 0 fully saturated rings. The van der Waals surface area contributed by atoms with E-state index in [0.717, 1.165) is 5.69 Å². The highest BCUT2D eigenvalue weighted by molar-refractivity contribution is 5.93. The summed E-state index contributed by atoms with van der Waals surface area (Å²) in [6, 6.07) is 11.6. The minimum atomic E-state index is -0.144. The van der Waals surface area contributed by atoms with Gasteiger partial charge in [-0.25, -0.2) is 0 Å². The molecule has 2 heterocycles. The number of aromatic nitrogens is 1. The average molecular weight is 254 g/mol. The van der Waals surface area contributed by atoms with Gasteiger partial charge in [0.1, 0.15) is 0 Å². The molecule has 0 atom stereocenters. The summed E-state index contributed by atoms with van der Waals surface area (Å²) in [5, 5.41) is 5.11. The zero-order valence-corrected chi connectivity index (χ0v) is 10.3. The molecule has 0 aliphatic carbocycles. The number of fused-ring (bicyclic) bond motifs is 1. The predicted molar refractivity (Wildman–Crippen MR) is 72.2 cm³/mol. The zero-order valence-electron chi connectivity index (χ0n) is 10.3. The van der Waals surface area contributed by atoms with Gasteiger partial charge in [-0.05, 0) is 23.8 Å². The van der Waals surface area contributed by atoms with Crippen molar-refractivity contribution in [2.24, 2.45) is 0 Å². The topological polar surface area (TPSA) is 57.3 Å². The minimum Gasteiger partial charge on any atom is -0.370 e. The van der Waals surface area contributed by atoms with E-state index < -0.39 is 0 Å². The summed E-state index contributed by atoms with van der Waals surface area (Å²) in [6.07, 6.45) is 3.20. The third-order valence-electron chi connectivity index (χ3n) is 3.02. The van der Waals surface area contributed by atoms with Crippen LogP contribution in [0.5, 0.6) is 0 Å². The predicted octanol–water partition coefficient (Wildman–Crippen LogP) is 1.61. The minimum absolute atomic E-state index is 0.144. The molecule has 1 aromatic heterocycles. The molecule has 1 amide bonds. The van der Waals surface area contributed by atoms with Crippen LogP contribution in [0.4, 0.5) is 5.69 Å². The van der Waals surface area contributed by atoms with Crippen molar-refractivity contribution in [2.45, 2.75) is 6.54 Å². The molecule has 0 saturated heterocycles. The van der Waals surface area contributed by atoms with Crippen LogP contribution in [-0.4, -0.2) is 22.6 Å². The van der Waals surface area contributed by atoms with E-state index >= 15 is 0 Å². The molecule has 1 aliphatic rings. The molecule has 5 heteroatoms. The van der Waals surface area contributed by atoms with Crippen LogP contribution in [0, 0.1) is 0 Å². The van der Waals surface area contributed by atoms with Crippen molar-refractivity contribution in [3.8, 4) is 0 Å². The SMILES string of the molecule is O=C(NN1CNc2ccccc2C1)c1cccnc1. The number of hydrazine groups is 1. The highest BCUT2D eigenvalue weighted by Crippen LogP contribution is 2.20. The lowest BCUT2D eigenvalue weighted by Gasteiger charge is -2.29. The van der Waals surface area contributed by atoms with Gasteiger partial charge in [0.15, 0.2) is 0 Å². The number of rotatable bonds is 2. The van der Waals surface area contributed by atoms with Gasteiger partial charge in [0.2, 0.25) is 0 Å². The van der Waals surface area contributed by atoms with Crippen LogP contribution in [0.1, 0.15) is 15.9 Å². The number of anilines is 1. The summed E-state index contributed by atoms with van der Waals surface area (Å²) in [4.78, 5) is 15.9. The Hall–Kier alpha value is -2.40. The van der Waals surface area contributed by atoms with E-state index in [0.29, 0.717) is 18.8 Å². The number of amides is 1. The van der Waals surface area contributed by atoms with Gasteiger partial charge in [0, 0.05) is 24.6 Å². The first-order valence-corrected chi connectivity index (χ1v) is 6.11. The van der Waals surface area contributed by atoms with E-state index in [1.807, 2.05) is 29.3 Å². The van der Waals surface area contributed by atoms with E-state index in [4.69, 9.17) is 0 Å². The summed E-state index contributed by atoms with van der Waals surface area (Å²) in [6.45, 7) is 1.28. The molecule has 5 nitrogen and oxygen atoms in total. The van der Waals surface area contributed by atoms with Gasteiger partial charge in [0.05, 0.1) is 12.2 Å². The molecule has 0 unspecified atom stereocenters. The summed E-state index contributed by atoms with van der Waals surface area (Å²) >= 11 is 0. The highest BCUT2D eigenvalue weighted by Gasteiger charge is 2.17. The number of hydrogen-bond donors (Lipinski definition) is 2. The second-order valence-electron chi connectivity index (χ2n) is 4.37. The Bertz CT molecular complexity index is 585. The van der Waals surface area contributed by atoms with Crippen molar-refractivity contribution in [1.82, 2.24) is 15.4 Å². The van der Waals surface area contributed by atoms with Crippen LogP contribution in [0.15, 0.2) is 48.8 Å². The van der Waals surface area contributed by atoms with Crippen LogP contribution in [0.2, 0.25) is 0 Å². The van der Waals surface area contributed by atoms with E-state index in [9.17, 15) is 4.79 Å². The summed E-state index contributed by atoms with van der Waals surface area (Å²) < 4.78 is 0. The molecular weight excluding hydrogens is 240 g/mol. The van der Waals surface area contributed by atoms with Gasteiger partial charge in [-0.2, -0.15) is 5.01 Å². The quantitative estimate of drug-likeness (QED) is 0.855. The summed E-state index contributed by atoms with van der Waals surface area (Å²) in [5.74, 6) is -0.144. The van der Waals surface area contributed by atoms with Gasteiger partial charge in [-0.15, -0.1) is 0 Å². The molecule has 2 N–H and O–H groups in total. The zero-order chi connectivity index (χ0) is 13.1. The molecular formula is C14H14N4O. The smallest absolute Gasteiger partial charge is 0.267 e.